The van der Waals surface area contributed by atoms with Gasteiger partial charge in [-0.3, -0.25) is 4.79 Å². The summed E-state index contributed by atoms with van der Waals surface area (Å²) >= 11 is 0. The van der Waals surface area contributed by atoms with Crippen LogP contribution in [-0.2, 0) is 16.0 Å². The van der Waals surface area contributed by atoms with E-state index in [9.17, 15) is 19.1 Å². The average Bonchev–Trinajstić information content (AvgIpc) is 2.59. The second kappa shape index (κ2) is 9.56. The molecule has 1 atom stereocenters. The molecule has 0 saturated heterocycles. The van der Waals surface area contributed by atoms with Crippen LogP contribution in [0.1, 0.15) is 19.4 Å². The van der Waals surface area contributed by atoms with Crippen LogP contribution in [0, 0.1) is 5.82 Å². The first-order chi connectivity index (χ1) is 12.8. The molecule has 6 nitrogen and oxygen atoms in total. The highest BCUT2D eigenvalue weighted by molar-refractivity contribution is 5.80. The number of aliphatic carboxylic acids is 1. The van der Waals surface area contributed by atoms with Crippen LogP contribution in [-0.4, -0.2) is 35.7 Å². The zero-order valence-electron chi connectivity index (χ0n) is 15.1. The van der Waals surface area contributed by atoms with Gasteiger partial charge in [-0.15, -0.1) is 0 Å². The van der Waals surface area contributed by atoms with E-state index in [4.69, 9.17) is 9.47 Å². The Balaban J connectivity index is 1.90. The fourth-order valence-electron chi connectivity index (χ4n) is 2.31. The number of amides is 1. The van der Waals surface area contributed by atoms with Gasteiger partial charge in [-0.25, -0.2) is 9.18 Å². The van der Waals surface area contributed by atoms with Gasteiger partial charge in [0.1, 0.15) is 17.3 Å². The molecule has 7 heteroatoms. The summed E-state index contributed by atoms with van der Waals surface area (Å²) in [6.45, 7) is 3.60. The van der Waals surface area contributed by atoms with Crippen LogP contribution in [0.25, 0.3) is 0 Å². The molecular weight excluding hydrogens is 353 g/mol. The number of benzene rings is 2. The first-order valence-corrected chi connectivity index (χ1v) is 8.51. The number of carboxylic acid groups (broad SMARTS) is 1. The molecule has 0 radical (unpaired) electrons. The Morgan fingerprint density at radius 3 is 2.41 bits per heavy atom. The van der Waals surface area contributed by atoms with E-state index in [1.54, 1.807) is 24.3 Å². The summed E-state index contributed by atoms with van der Waals surface area (Å²) in [4.78, 5) is 23.4. The molecule has 0 aliphatic rings. The second-order valence-electron chi connectivity index (χ2n) is 6.19. The fourth-order valence-corrected chi connectivity index (χ4v) is 2.31. The summed E-state index contributed by atoms with van der Waals surface area (Å²) in [6, 6.07) is 12.1. The highest BCUT2D eigenvalue weighted by Crippen LogP contribution is 2.16. The summed E-state index contributed by atoms with van der Waals surface area (Å²) in [5.41, 5.74) is 0.747. The summed E-state index contributed by atoms with van der Waals surface area (Å²) in [5.74, 6) is -1.15. The lowest BCUT2D eigenvalue weighted by Gasteiger charge is -2.16. The van der Waals surface area contributed by atoms with Crippen LogP contribution >= 0.6 is 0 Å². The molecule has 0 aromatic heterocycles. The zero-order valence-corrected chi connectivity index (χ0v) is 15.1. The Morgan fingerprint density at radius 1 is 1.07 bits per heavy atom. The monoisotopic (exact) mass is 375 g/mol. The molecule has 2 N–H and O–H groups in total. The molecule has 0 fully saturated rings. The number of carboxylic acids is 1. The van der Waals surface area contributed by atoms with Crippen molar-refractivity contribution in [1.82, 2.24) is 5.32 Å². The number of hydrogen-bond donors (Lipinski definition) is 2. The van der Waals surface area contributed by atoms with Crippen molar-refractivity contribution in [2.75, 3.05) is 6.54 Å². The Kier molecular flexibility index (Phi) is 7.16. The molecule has 0 saturated carbocycles. The van der Waals surface area contributed by atoms with E-state index < -0.39 is 17.9 Å². The van der Waals surface area contributed by atoms with Crippen LogP contribution in [0.5, 0.6) is 11.5 Å². The Bertz CT molecular complexity index is 776. The van der Waals surface area contributed by atoms with Gasteiger partial charge in [0.15, 0.2) is 0 Å². The van der Waals surface area contributed by atoms with E-state index in [1.165, 1.54) is 24.3 Å². The Morgan fingerprint density at radius 2 is 1.78 bits per heavy atom. The standard InChI is InChI=1S/C20H22FNO5/c1-13(2)26-17-5-3-4-14(10-17)11-19(23)22-12-18(20(24)25)27-16-8-6-15(21)7-9-16/h3-10,13,18H,11-12H2,1-2H3,(H,22,23)(H,24,25). The second-order valence-corrected chi connectivity index (χ2v) is 6.19. The maximum Gasteiger partial charge on any atom is 0.346 e. The molecule has 2 aromatic carbocycles. The molecule has 2 rings (SSSR count). The number of rotatable bonds is 9. The predicted molar refractivity (Wildman–Crippen MR) is 97.4 cm³/mol. The third kappa shape index (κ3) is 6.97. The van der Waals surface area contributed by atoms with Crippen LogP contribution in [0.2, 0.25) is 0 Å². The van der Waals surface area contributed by atoms with E-state index in [0.29, 0.717) is 5.75 Å². The molecule has 0 heterocycles. The predicted octanol–water partition coefficient (Wildman–Crippen LogP) is 2.80. The smallest absolute Gasteiger partial charge is 0.346 e. The van der Waals surface area contributed by atoms with Gasteiger partial charge in [-0.2, -0.15) is 0 Å². The summed E-state index contributed by atoms with van der Waals surface area (Å²) in [6.07, 6.45) is -1.18. The van der Waals surface area contributed by atoms with E-state index >= 15 is 0 Å². The van der Waals surface area contributed by atoms with Crippen LogP contribution in [0.3, 0.4) is 0 Å². The van der Waals surface area contributed by atoms with Crippen molar-refractivity contribution < 1.29 is 28.6 Å². The van der Waals surface area contributed by atoms with Crippen LogP contribution in [0.15, 0.2) is 48.5 Å². The molecule has 27 heavy (non-hydrogen) atoms. The Labute approximate surface area is 156 Å². The minimum Gasteiger partial charge on any atom is -0.491 e. The largest absolute Gasteiger partial charge is 0.491 e. The van der Waals surface area contributed by atoms with Crippen molar-refractivity contribution in [1.29, 1.82) is 0 Å². The number of ether oxygens (including phenoxy) is 2. The van der Waals surface area contributed by atoms with Crippen LogP contribution in [0.4, 0.5) is 4.39 Å². The molecule has 1 amide bonds. The van der Waals surface area contributed by atoms with Gasteiger partial charge in [0.2, 0.25) is 12.0 Å². The van der Waals surface area contributed by atoms with E-state index in [1.807, 2.05) is 13.8 Å². The zero-order chi connectivity index (χ0) is 19.8. The molecule has 0 aliphatic carbocycles. The normalized spacial score (nSPS) is 11.7. The SMILES string of the molecule is CC(C)Oc1cccc(CC(=O)NCC(Oc2ccc(F)cc2)C(=O)O)c1. The Hall–Kier alpha value is -3.09. The highest BCUT2D eigenvalue weighted by Gasteiger charge is 2.20. The summed E-state index contributed by atoms with van der Waals surface area (Å²) in [7, 11) is 0. The van der Waals surface area contributed by atoms with Gasteiger partial charge in [-0.05, 0) is 55.8 Å². The number of carbonyl (C=O) groups is 2. The molecule has 0 bridgehead atoms. The molecule has 144 valence electrons. The summed E-state index contributed by atoms with van der Waals surface area (Å²) < 4.78 is 23.8. The third-order valence-electron chi connectivity index (χ3n) is 3.49. The van der Waals surface area contributed by atoms with Gasteiger partial charge < -0.3 is 19.9 Å². The topological polar surface area (TPSA) is 84.9 Å². The third-order valence-corrected chi connectivity index (χ3v) is 3.49. The van der Waals surface area contributed by atoms with Crippen molar-refractivity contribution in [2.45, 2.75) is 32.5 Å². The number of carbonyl (C=O) groups excluding carboxylic acids is 1. The number of halogens is 1. The number of nitrogens with one attached hydrogen (secondary N) is 1. The van der Waals surface area contributed by atoms with E-state index in [2.05, 4.69) is 5.32 Å². The van der Waals surface area contributed by atoms with Crippen LogP contribution < -0.4 is 14.8 Å². The first-order valence-electron chi connectivity index (χ1n) is 8.51. The lowest BCUT2D eigenvalue weighted by atomic mass is 10.1. The van der Waals surface area contributed by atoms with Crippen molar-refractivity contribution in [3.05, 3.63) is 59.9 Å². The van der Waals surface area contributed by atoms with Crippen molar-refractivity contribution in [3.63, 3.8) is 0 Å². The van der Waals surface area contributed by atoms with E-state index in [-0.39, 0.29) is 30.7 Å². The van der Waals surface area contributed by atoms with Crippen molar-refractivity contribution in [3.8, 4) is 11.5 Å². The maximum atomic E-state index is 12.9. The minimum absolute atomic E-state index is 0.0222. The number of hydrogen-bond acceptors (Lipinski definition) is 4. The lowest BCUT2D eigenvalue weighted by Crippen LogP contribution is -2.40. The van der Waals surface area contributed by atoms with Gasteiger partial charge in [0, 0.05) is 0 Å². The van der Waals surface area contributed by atoms with Gasteiger partial charge in [0.05, 0.1) is 19.1 Å². The first kappa shape index (κ1) is 20.2. The highest BCUT2D eigenvalue weighted by atomic mass is 19.1. The lowest BCUT2D eigenvalue weighted by molar-refractivity contribution is -0.145. The molecule has 0 aliphatic heterocycles. The van der Waals surface area contributed by atoms with Gasteiger partial charge in [0.25, 0.3) is 0 Å². The molecule has 1 unspecified atom stereocenters. The van der Waals surface area contributed by atoms with E-state index in [0.717, 1.165) is 5.56 Å². The van der Waals surface area contributed by atoms with Gasteiger partial charge >= 0.3 is 5.97 Å². The molecular formula is C20H22FNO5. The molecule has 0 spiro atoms. The average molecular weight is 375 g/mol. The quantitative estimate of drug-likeness (QED) is 0.704. The van der Waals surface area contributed by atoms with Crippen molar-refractivity contribution >= 4 is 11.9 Å². The molecule has 2 aromatic rings. The fraction of sp³-hybridized carbons (Fsp3) is 0.300. The van der Waals surface area contributed by atoms with Crippen molar-refractivity contribution in [2.24, 2.45) is 0 Å². The maximum absolute atomic E-state index is 12.9. The minimum atomic E-state index is -1.28. The van der Waals surface area contributed by atoms with Gasteiger partial charge in [-0.1, -0.05) is 12.1 Å². The summed E-state index contributed by atoms with van der Waals surface area (Å²) in [5, 5.41) is 11.8.